The molecule has 0 radical (unpaired) electrons. The molecule has 4 nitrogen and oxygen atoms in total. The summed E-state index contributed by atoms with van der Waals surface area (Å²) in [4.78, 5) is 25.1. The van der Waals surface area contributed by atoms with E-state index >= 15 is 0 Å². The van der Waals surface area contributed by atoms with Gasteiger partial charge in [0.2, 0.25) is 0 Å². The zero-order chi connectivity index (χ0) is 13.1. The van der Waals surface area contributed by atoms with Gasteiger partial charge in [0.25, 0.3) is 5.91 Å². The molecule has 2 rings (SSSR count). The number of nitrogens with zero attached hydrogens (tertiary/aromatic N) is 2. The lowest BCUT2D eigenvalue weighted by Gasteiger charge is -2.29. The Balaban J connectivity index is 2.18. The third-order valence-electron chi connectivity index (χ3n) is 2.97. The number of nitriles is 1. The number of halogens is 1. The topological polar surface area (TPSA) is 61.2 Å². The number of likely N-dealkylation sites (tertiary alicyclic amines) is 1. The fourth-order valence-electron chi connectivity index (χ4n) is 1.94. The van der Waals surface area contributed by atoms with E-state index < -0.39 is 5.92 Å². The highest BCUT2D eigenvalue weighted by atomic mass is 35.5. The Bertz CT molecular complexity index is 536. The normalized spacial score (nSPS) is 19.4. The van der Waals surface area contributed by atoms with Crippen LogP contribution < -0.4 is 0 Å². The Morgan fingerprint density at radius 1 is 1.44 bits per heavy atom. The molecule has 92 valence electrons. The molecule has 0 spiro atoms. The molecule has 0 aliphatic carbocycles. The molecule has 1 fully saturated rings. The molecule has 0 bridgehead atoms. The van der Waals surface area contributed by atoms with Crippen LogP contribution in [-0.4, -0.2) is 29.7 Å². The van der Waals surface area contributed by atoms with E-state index in [1.54, 1.807) is 24.3 Å². The van der Waals surface area contributed by atoms with Crippen molar-refractivity contribution in [1.29, 1.82) is 5.26 Å². The lowest BCUT2D eigenvalue weighted by atomic mass is 9.97. The summed E-state index contributed by atoms with van der Waals surface area (Å²) in [6.45, 7) is 0.500. The lowest BCUT2D eigenvalue weighted by molar-refractivity contribution is -0.123. The average Bonchev–Trinajstić information content (AvgIpc) is 2.39. The minimum absolute atomic E-state index is 0.0966. The predicted molar refractivity (Wildman–Crippen MR) is 66.1 cm³/mol. The summed E-state index contributed by atoms with van der Waals surface area (Å²) in [6, 6.07) is 8.69. The summed E-state index contributed by atoms with van der Waals surface area (Å²) in [5.74, 6) is -1.04. The molecule has 1 atom stereocenters. The summed E-state index contributed by atoms with van der Waals surface area (Å²) in [7, 11) is 0. The zero-order valence-corrected chi connectivity index (χ0v) is 10.4. The maximum absolute atomic E-state index is 12.2. The molecular formula is C13H11ClN2O2. The second-order valence-electron chi connectivity index (χ2n) is 4.13. The van der Waals surface area contributed by atoms with Crippen LogP contribution in [0.5, 0.6) is 0 Å². The van der Waals surface area contributed by atoms with Crippen molar-refractivity contribution in [1.82, 2.24) is 4.90 Å². The van der Waals surface area contributed by atoms with E-state index in [0.717, 1.165) is 0 Å². The number of carbonyl (C=O) groups is 2. The second-order valence-corrected chi connectivity index (χ2v) is 4.54. The van der Waals surface area contributed by atoms with Crippen molar-refractivity contribution in [3.8, 4) is 6.07 Å². The van der Waals surface area contributed by atoms with Gasteiger partial charge in [-0.3, -0.25) is 9.59 Å². The molecule has 1 aliphatic rings. The Hall–Kier alpha value is -1.86. The molecule has 1 unspecified atom stereocenters. The van der Waals surface area contributed by atoms with Crippen LogP contribution in [0, 0.1) is 17.2 Å². The quantitative estimate of drug-likeness (QED) is 0.776. The van der Waals surface area contributed by atoms with E-state index in [9.17, 15) is 9.59 Å². The average molecular weight is 263 g/mol. The first-order valence-electron chi connectivity index (χ1n) is 5.59. The van der Waals surface area contributed by atoms with Gasteiger partial charge in [-0.15, -0.1) is 0 Å². The van der Waals surface area contributed by atoms with Gasteiger partial charge in [-0.05, 0) is 12.1 Å². The molecule has 1 aromatic rings. The molecule has 5 heteroatoms. The van der Waals surface area contributed by atoms with Crippen molar-refractivity contribution in [3.63, 3.8) is 0 Å². The smallest absolute Gasteiger partial charge is 0.255 e. The van der Waals surface area contributed by atoms with Gasteiger partial charge in [0.1, 0.15) is 5.92 Å². The molecule has 0 saturated carbocycles. The molecule has 1 aromatic carbocycles. The number of ketones is 1. The van der Waals surface area contributed by atoms with Crippen LogP contribution in [0.4, 0.5) is 0 Å². The van der Waals surface area contributed by atoms with Crippen LogP contribution in [0.15, 0.2) is 24.3 Å². The van der Waals surface area contributed by atoms with Crippen molar-refractivity contribution in [2.75, 3.05) is 13.1 Å². The van der Waals surface area contributed by atoms with E-state index in [1.807, 2.05) is 6.07 Å². The minimum atomic E-state index is -0.717. The first-order valence-corrected chi connectivity index (χ1v) is 5.97. The van der Waals surface area contributed by atoms with Crippen molar-refractivity contribution in [2.45, 2.75) is 6.42 Å². The molecule has 1 heterocycles. The van der Waals surface area contributed by atoms with Gasteiger partial charge in [0, 0.05) is 19.5 Å². The van der Waals surface area contributed by atoms with Gasteiger partial charge >= 0.3 is 0 Å². The second kappa shape index (κ2) is 5.19. The standard InChI is InChI=1S/C13H11ClN2O2/c14-11-4-2-1-3-10(11)13(18)16-6-5-12(17)9(7-15)8-16/h1-4,9H,5-6,8H2. The van der Waals surface area contributed by atoms with Crippen LogP contribution in [0.25, 0.3) is 0 Å². The summed E-state index contributed by atoms with van der Waals surface area (Å²) in [5.41, 5.74) is 0.408. The van der Waals surface area contributed by atoms with Gasteiger partial charge < -0.3 is 4.90 Å². The highest BCUT2D eigenvalue weighted by Gasteiger charge is 2.30. The molecule has 0 aromatic heterocycles. The summed E-state index contributed by atoms with van der Waals surface area (Å²) >= 11 is 5.96. The fraction of sp³-hybridized carbons (Fsp3) is 0.308. The van der Waals surface area contributed by atoms with Gasteiger partial charge in [0.15, 0.2) is 5.78 Å². The van der Waals surface area contributed by atoms with Crippen LogP contribution >= 0.6 is 11.6 Å². The predicted octanol–water partition coefficient (Wildman–Crippen LogP) is 1.89. The number of Topliss-reactive ketones (excluding diaryl/α,β-unsaturated/α-hetero) is 1. The molecule has 18 heavy (non-hydrogen) atoms. The maximum Gasteiger partial charge on any atom is 0.255 e. The van der Waals surface area contributed by atoms with Crippen LogP contribution in [-0.2, 0) is 4.79 Å². The summed E-state index contributed by atoms with van der Waals surface area (Å²) in [5, 5.41) is 9.23. The molecule has 1 saturated heterocycles. The monoisotopic (exact) mass is 262 g/mol. The highest BCUT2D eigenvalue weighted by molar-refractivity contribution is 6.33. The first kappa shape index (κ1) is 12.6. The fourth-order valence-corrected chi connectivity index (χ4v) is 2.15. The van der Waals surface area contributed by atoms with Crippen LogP contribution in [0.2, 0.25) is 5.02 Å². The molecule has 1 aliphatic heterocycles. The number of hydrogen-bond donors (Lipinski definition) is 0. The van der Waals surface area contributed by atoms with E-state index in [2.05, 4.69) is 0 Å². The van der Waals surface area contributed by atoms with Crippen LogP contribution in [0.3, 0.4) is 0 Å². The molecular weight excluding hydrogens is 252 g/mol. The number of benzene rings is 1. The van der Waals surface area contributed by atoms with Gasteiger partial charge in [-0.1, -0.05) is 23.7 Å². The Morgan fingerprint density at radius 2 is 2.17 bits per heavy atom. The van der Waals surface area contributed by atoms with Crippen molar-refractivity contribution in [3.05, 3.63) is 34.9 Å². The van der Waals surface area contributed by atoms with Gasteiger partial charge in [0.05, 0.1) is 16.7 Å². The minimum Gasteiger partial charge on any atom is -0.336 e. The van der Waals surface area contributed by atoms with Crippen molar-refractivity contribution in [2.24, 2.45) is 5.92 Å². The SMILES string of the molecule is N#CC1CN(C(=O)c2ccccc2Cl)CCC1=O. The van der Waals surface area contributed by atoms with E-state index in [4.69, 9.17) is 16.9 Å². The highest BCUT2D eigenvalue weighted by Crippen LogP contribution is 2.20. The van der Waals surface area contributed by atoms with Gasteiger partial charge in [-0.25, -0.2) is 0 Å². The molecule has 0 N–H and O–H groups in total. The molecule has 1 amide bonds. The maximum atomic E-state index is 12.2. The lowest BCUT2D eigenvalue weighted by Crippen LogP contribution is -2.43. The third-order valence-corrected chi connectivity index (χ3v) is 3.30. The number of amides is 1. The van der Waals surface area contributed by atoms with Gasteiger partial charge in [-0.2, -0.15) is 5.26 Å². The Morgan fingerprint density at radius 3 is 2.83 bits per heavy atom. The van der Waals surface area contributed by atoms with E-state index in [1.165, 1.54) is 4.90 Å². The number of rotatable bonds is 1. The third kappa shape index (κ3) is 2.36. The van der Waals surface area contributed by atoms with Crippen molar-refractivity contribution < 1.29 is 9.59 Å². The Labute approximate surface area is 110 Å². The summed E-state index contributed by atoms with van der Waals surface area (Å²) in [6.07, 6.45) is 0.231. The van der Waals surface area contributed by atoms with Crippen molar-refractivity contribution >= 4 is 23.3 Å². The zero-order valence-electron chi connectivity index (χ0n) is 9.60. The van der Waals surface area contributed by atoms with E-state index in [-0.39, 0.29) is 24.7 Å². The summed E-state index contributed by atoms with van der Waals surface area (Å²) < 4.78 is 0. The Kier molecular flexibility index (Phi) is 3.63. The number of carbonyl (C=O) groups excluding carboxylic acids is 2. The number of piperidine rings is 1. The van der Waals surface area contributed by atoms with E-state index in [0.29, 0.717) is 17.1 Å². The number of hydrogen-bond acceptors (Lipinski definition) is 3. The largest absolute Gasteiger partial charge is 0.336 e. The van der Waals surface area contributed by atoms with Crippen LogP contribution in [0.1, 0.15) is 16.8 Å². The first-order chi connectivity index (χ1) is 8.63.